The van der Waals surface area contributed by atoms with Crippen molar-refractivity contribution >= 4 is 43.7 Å². The smallest absolute Gasteiger partial charge is 0.251 e. The molecule has 0 spiro atoms. The lowest BCUT2D eigenvalue weighted by atomic mass is 10.2. The number of hydrogen-bond acceptors (Lipinski definition) is 2. The molecule has 1 aromatic rings. The average Bonchev–Trinajstić information content (AvgIpc) is 2.22. The molecular weight excluding hydrogens is 352 g/mol. The Labute approximate surface area is 116 Å². The highest BCUT2D eigenvalue weighted by atomic mass is 79.9. The molecule has 0 saturated heterocycles. The zero-order valence-corrected chi connectivity index (χ0v) is 12.4. The molecule has 1 rings (SSSR count). The third-order valence-corrected chi connectivity index (χ3v) is 2.82. The second kappa shape index (κ2) is 6.76. The van der Waals surface area contributed by atoms with Crippen molar-refractivity contribution in [1.82, 2.24) is 10.6 Å². The maximum Gasteiger partial charge on any atom is 0.251 e. The van der Waals surface area contributed by atoms with E-state index in [9.17, 15) is 9.59 Å². The van der Waals surface area contributed by atoms with Gasteiger partial charge < -0.3 is 10.6 Å². The van der Waals surface area contributed by atoms with Crippen LogP contribution in [0.1, 0.15) is 17.3 Å². The number of hydrogen-bond donors (Lipinski definition) is 2. The molecule has 4 nitrogen and oxygen atoms in total. The summed E-state index contributed by atoms with van der Waals surface area (Å²) in [5.41, 5.74) is 0.564. The van der Waals surface area contributed by atoms with Crippen molar-refractivity contribution in [3.8, 4) is 0 Å². The molecule has 0 aliphatic heterocycles. The summed E-state index contributed by atoms with van der Waals surface area (Å²) < 4.78 is 1.66. The largest absolute Gasteiger partial charge is 0.355 e. The standard InChI is InChI=1S/C11H12Br2N2O2/c1-7(16)14-2-3-15-11(17)8-4-9(12)6-10(13)5-8/h4-6H,2-3H2,1H3,(H,14,16)(H,15,17). The van der Waals surface area contributed by atoms with Gasteiger partial charge in [0.25, 0.3) is 5.91 Å². The summed E-state index contributed by atoms with van der Waals surface area (Å²) in [6, 6.07) is 5.32. The molecule has 0 aromatic heterocycles. The summed E-state index contributed by atoms with van der Waals surface area (Å²) in [5.74, 6) is -0.276. The number of rotatable bonds is 4. The molecule has 17 heavy (non-hydrogen) atoms. The zero-order valence-electron chi connectivity index (χ0n) is 9.22. The minimum atomic E-state index is -0.169. The fourth-order valence-corrected chi connectivity index (χ4v) is 2.50. The normalized spacial score (nSPS) is 9.82. The third-order valence-electron chi connectivity index (χ3n) is 1.91. The maximum absolute atomic E-state index is 11.7. The van der Waals surface area contributed by atoms with E-state index >= 15 is 0 Å². The first-order valence-electron chi connectivity index (χ1n) is 4.98. The van der Waals surface area contributed by atoms with E-state index in [1.807, 2.05) is 6.07 Å². The Morgan fingerprint density at radius 2 is 1.59 bits per heavy atom. The Hall–Kier alpha value is -0.880. The van der Waals surface area contributed by atoms with Crippen LogP contribution in [0.3, 0.4) is 0 Å². The van der Waals surface area contributed by atoms with E-state index in [4.69, 9.17) is 0 Å². The summed E-state index contributed by atoms with van der Waals surface area (Å²) in [4.78, 5) is 22.3. The minimum absolute atomic E-state index is 0.107. The van der Waals surface area contributed by atoms with Gasteiger partial charge in [-0.15, -0.1) is 0 Å². The molecule has 0 atom stereocenters. The van der Waals surface area contributed by atoms with Gasteiger partial charge in [-0.3, -0.25) is 9.59 Å². The first-order valence-corrected chi connectivity index (χ1v) is 6.56. The lowest BCUT2D eigenvalue weighted by Gasteiger charge is -2.06. The monoisotopic (exact) mass is 362 g/mol. The Balaban J connectivity index is 2.49. The molecule has 6 heteroatoms. The highest BCUT2D eigenvalue weighted by Crippen LogP contribution is 2.19. The SMILES string of the molecule is CC(=O)NCCNC(=O)c1cc(Br)cc(Br)c1. The molecule has 0 saturated carbocycles. The van der Waals surface area contributed by atoms with E-state index in [1.165, 1.54) is 6.92 Å². The molecule has 0 bridgehead atoms. The zero-order chi connectivity index (χ0) is 12.8. The third kappa shape index (κ3) is 5.32. The molecule has 0 unspecified atom stereocenters. The van der Waals surface area contributed by atoms with Crippen LogP contribution in [-0.2, 0) is 4.79 Å². The Morgan fingerprint density at radius 1 is 1.06 bits per heavy atom. The van der Waals surface area contributed by atoms with Gasteiger partial charge in [0.2, 0.25) is 5.91 Å². The predicted octanol–water partition coefficient (Wildman–Crippen LogP) is 2.08. The van der Waals surface area contributed by atoms with Gasteiger partial charge in [-0.1, -0.05) is 31.9 Å². The summed E-state index contributed by atoms with van der Waals surface area (Å²) >= 11 is 6.63. The van der Waals surface area contributed by atoms with Crippen LogP contribution in [0.15, 0.2) is 27.1 Å². The maximum atomic E-state index is 11.7. The second-order valence-electron chi connectivity index (χ2n) is 3.40. The van der Waals surface area contributed by atoms with Crippen molar-refractivity contribution in [2.24, 2.45) is 0 Å². The van der Waals surface area contributed by atoms with E-state index in [1.54, 1.807) is 12.1 Å². The number of amides is 2. The van der Waals surface area contributed by atoms with Crippen molar-refractivity contribution in [3.05, 3.63) is 32.7 Å². The predicted molar refractivity (Wildman–Crippen MR) is 72.9 cm³/mol. The van der Waals surface area contributed by atoms with Crippen molar-refractivity contribution < 1.29 is 9.59 Å². The van der Waals surface area contributed by atoms with E-state index in [0.717, 1.165) is 8.95 Å². The fraction of sp³-hybridized carbons (Fsp3) is 0.273. The minimum Gasteiger partial charge on any atom is -0.355 e. The topological polar surface area (TPSA) is 58.2 Å². The second-order valence-corrected chi connectivity index (χ2v) is 5.23. The van der Waals surface area contributed by atoms with Crippen LogP contribution in [0, 0.1) is 0 Å². The molecule has 1 aromatic carbocycles. The highest BCUT2D eigenvalue weighted by Gasteiger charge is 2.06. The van der Waals surface area contributed by atoms with Crippen LogP contribution in [0.5, 0.6) is 0 Å². The van der Waals surface area contributed by atoms with Crippen LogP contribution in [0.2, 0.25) is 0 Å². The van der Waals surface area contributed by atoms with Gasteiger partial charge in [-0.05, 0) is 18.2 Å². The quantitative estimate of drug-likeness (QED) is 0.804. The van der Waals surface area contributed by atoms with Crippen LogP contribution in [0.25, 0.3) is 0 Å². The number of halogens is 2. The van der Waals surface area contributed by atoms with Gasteiger partial charge >= 0.3 is 0 Å². The van der Waals surface area contributed by atoms with E-state index in [0.29, 0.717) is 18.7 Å². The summed E-state index contributed by atoms with van der Waals surface area (Å²) in [7, 11) is 0. The van der Waals surface area contributed by atoms with Gasteiger partial charge in [0, 0.05) is 34.5 Å². The van der Waals surface area contributed by atoms with Crippen LogP contribution < -0.4 is 10.6 Å². The summed E-state index contributed by atoms with van der Waals surface area (Å²) in [5, 5.41) is 5.32. The lowest BCUT2D eigenvalue weighted by Crippen LogP contribution is -2.33. The molecular formula is C11H12Br2N2O2. The Kier molecular flexibility index (Phi) is 5.64. The van der Waals surface area contributed by atoms with Crippen LogP contribution >= 0.6 is 31.9 Å². The van der Waals surface area contributed by atoms with Crippen molar-refractivity contribution in [3.63, 3.8) is 0 Å². The van der Waals surface area contributed by atoms with E-state index in [2.05, 4.69) is 42.5 Å². The van der Waals surface area contributed by atoms with Gasteiger partial charge in [0.15, 0.2) is 0 Å². The van der Waals surface area contributed by atoms with Crippen molar-refractivity contribution in [2.75, 3.05) is 13.1 Å². The Bertz CT molecular complexity index is 415. The fourth-order valence-electron chi connectivity index (χ4n) is 1.20. The highest BCUT2D eigenvalue weighted by molar-refractivity contribution is 9.11. The van der Waals surface area contributed by atoms with Gasteiger partial charge in [0.05, 0.1) is 0 Å². The Morgan fingerprint density at radius 3 is 2.12 bits per heavy atom. The number of carbonyl (C=O) groups excluding carboxylic acids is 2. The van der Waals surface area contributed by atoms with E-state index < -0.39 is 0 Å². The molecule has 0 aliphatic rings. The van der Waals surface area contributed by atoms with Crippen molar-refractivity contribution in [2.45, 2.75) is 6.92 Å². The molecule has 2 amide bonds. The molecule has 2 N–H and O–H groups in total. The number of carbonyl (C=O) groups is 2. The summed E-state index contributed by atoms with van der Waals surface area (Å²) in [6.07, 6.45) is 0. The first-order chi connectivity index (χ1) is 7.99. The van der Waals surface area contributed by atoms with E-state index in [-0.39, 0.29) is 11.8 Å². The van der Waals surface area contributed by atoms with Crippen molar-refractivity contribution in [1.29, 1.82) is 0 Å². The average molecular weight is 364 g/mol. The molecule has 0 radical (unpaired) electrons. The van der Waals surface area contributed by atoms with Crippen LogP contribution in [0.4, 0.5) is 0 Å². The molecule has 0 aliphatic carbocycles. The van der Waals surface area contributed by atoms with Gasteiger partial charge in [-0.2, -0.15) is 0 Å². The lowest BCUT2D eigenvalue weighted by molar-refractivity contribution is -0.118. The van der Waals surface area contributed by atoms with Gasteiger partial charge in [0.1, 0.15) is 0 Å². The number of nitrogens with one attached hydrogen (secondary N) is 2. The summed E-state index contributed by atoms with van der Waals surface area (Å²) in [6.45, 7) is 2.27. The number of benzene rings is 1. The van der Waals surface area contributed by atoms with Gasteiger partial charge in [-0.25, -0.2) is 0 Å². The molecule has 0 heterocycles. The molecule has 92 valence electrons. The first kappa shape index (κ1) is 14.2. The van der Waals surface area contributed by atoms with Crippen LogP contribution in [-0.4, -0.2) is 24.9 Å². The molecule has 0 fully saturated rings.